The second-order valence-electron chi connectivity index (χ2n) is 4.42. The Balaban J connectivity index is 2.02. The van der Waals surface area contributed by atoms with Gasteiger partial charge < -0.3 is 15.7 Å². The van der Waals surface area contributed by atoms with E-state index in [0.717, 1.165) is 24.2 Å². The molecule has 0 saturated carbocycles. The van der Waals surface area contributed by atoms with Gasteiger partial charge in [-0.1, -0.05) is 18.2 Å². The maximum Gasteiger partial charge on any atom is 0.321 e. The Hall–Kier alpha value is -1.55. The second kappa shape index (κ2) is 3.49. The van der Waals surface area contributed by atoms with Gasteiger partial charge in [0.25, 0.3) is 0 Å². The van der Waals surface area contributed by atoms with Gasteiger partial charge in [0.1, 0.15) is 6.04 Å². The molecule has 4 nitrogen and oxygen atoms in total. The van der Waals surface area contributed by atoms with Crippen molar-refractivity contribution in [3.05, 3.63) is 29.8 Å². The van der Waals surface area contributed by atoms with Crippen LogP contribution in [0.2, 0.25) is 0 Å². The Labute approximate surface area is 93.7 Å². The van der Waals surface area contributed by atoms with Crippen molar-refractivity contribution in [1.82, 2.24) is 5.32 Å². The van der Waals surface area contributed by atoms with Crippen molar-refractivity contribution in [2.75, 3.05) is 11.9 Å². The highest BCUT2D eigenvalue weighted by atomic mass is 16.4. The minimum absolute atomic E-state index is 0.0578. The second-order valence-corrected chi connectivity index (χ2v) is 4.42. The quantitative estimate of drug-likeness (QED) is 0.658. The first-order valence-corrected chi connectivity index (χ1v) is 5.59. The number of nitrogens with one attached hydrogen (secondary N) is 2. The summed E-state index contributed by atoms with van der Waals surface area (Å²) in [6, 6.07) is 7.79. The molecule has 0 aromatic heterocycles. The third kappa shape index (κ3) is 1.30. The number of rotatable bonds is 1. The molecule has 1 saturated heterocycles. The summed E-state index contributed by atoms with van der Waals surface area (Å²) in [7, 11) is 0. The molecule has 1 unspecified atom stereocenters. The molecule has 4 heteroatoms. The van der Waals surface area contributed by atoms with Crippen LogP contribution in [0, 0.1) is 0 Å². The number of anilines is 1. The van der Waals surface area contributed by atoms with E-state index < -0.39 is 12.0 Å². The van der Waals surface area contributed by atoms with Gasteiger partial charge in [-0.25, -0.2) is 0 Å². The molecule has 1 aromatic rings. The summed E-state index contributed by atoms with van der Waals surface area (Å²) < 4.78 is 0. The number of carbonyl (C=O) groups is 1. The number of para-hydroxylation sites is 1. The van der Waals surface area contributed by atoms with E-state index in [1.165, 1.54) is 0 Å². The average Bonchev–Trinajstić information content (AvgIpc) is 2.66. The molecule has 2 aliphatic rings. The van der Waals surface area contributed by atoms with Gasteiger partial charge in [0.05, 0.1) is 0 Å². The molecule has 0 radical (unpaired) electrons. The van der Waals surface area contributed by atoms with Crippen LogP contribution in [0.25, 0.3) is 0 Å². The minimum atomic E-state index is -0.756. The highest BCUT2D eigenvalue weighted by Crippen LogP contribution is 2.40. The van der Waals surface area contributed by atoms with Crippen LogP contribution in [0.3, 0.4) is 0 Å². The van der Waals surface area contributed by atoms with Crippen molar-refractivity contribution in [1.29, 1.82) is 0 Å². The van der Waals surface area contributed by atoms with Gasteiger partial charge in [-0.2, -0.15) is 0 Å². The van der Waals surface area contributed by atoms with Gasteiger partial charge in [-0.15, -0.1) is 0 Å². The summed E-state index contributed by atoms with van der Waals surface area (Å²) in [6.45, 7) is 0.763. The van der Waals surface area contributed by atoms with Crippen molar-refractivity contribution in [3.8, 4) is 0 Å². The molecule has 3 atom stereocenters. The molecule has 2 aliphatic heterocycles. The molecule has 84 valence electrons. The largest absolute Gasteiger partial charge is 0.480 e. The van der Waals surface area contributed by atoms with E-state index in [0.29, 0.717) is 0 Å². The standard InChI is InChI=1S/C12H14N2O2/c15-12(16)11-10-7-3-1-2-4-8(7)14-9(10)5-6-13-11/h1-4,9-11,13-14H,5-6H2,(H,15,16)/t9?,10-,11-/m0/s1. The zero-order valence-electron chi connectivity index (χ0n) is 8.81. The lowest BCUT2D eigenvalue weighted by Crippen LogP contribution is -2.51. The minimum Gasteiger partial charge on any atom is -0.480 e. The maximum absolute atomic E-state index is 11.2. The van der Waals surface area contributed by atoms with Crippen LogP contribution in [0.5, 0.6) is 0 Å². The number of hydrogen-bond donors (Lipinski definition) is 3. The summed E-state index contributed by atoms with van der Waals surface area (Å²) in [5, 5.41) is 15.7. The first kappa shape index (κ1) is 9.66. The van der Waals surface area contributed by atoms with Gasteiger partial charge in [0, 0.05) is 17.6 Å². The van der Waals surface area contributed by atoms with Crippen LogP contribution >= 0.6 is 0 Å². The third-order valence-electron chi connectivity index (χ3n) is 3.54. The fourth-order valence-corrected chi connectivity index (χ4v) is 2.85. The lowest BCUT2D eigenvalue weighted by atomic mass is 9.83. The van der Waals surface area contributed by atoms with Crippen LogP contribution < -0.4 is 10.6 Å². The molecule has 1 aromatic carbocycles. The first-order chi connectivity index (χ1) is 7.77. The molecule has 0 aliphatic carbocycles. The van der Waals surface area contributed by atoms with E-state index >= 15 is 0 Å². The summed E-state index contributed by atoms with van der Waals surface area (Å²) in [6.07, 6.45) is 0.975. The summed E-state index contributed by atoms with van der Waals surface area (Å²) in [4.78, 5) is 11.2. The fourth-order valence-electron chi connectivity index (χ4n) is 2.85. The van der Waals surface area contributed by atoms with Gasteiger partial charge in [0.15, 0.2) is 0 Å². The molecular weight excluding hydrogens is 204 g/mol. The Morgan fingerprint density at radius 3 is 3.00 bits per heavy atom. The summed E-state index contributed by atoms with van der Waals surface area (Å²) >= 11 is 0. The van der Waals surface area contributed by atoms with E-state index in [1.807, 2.05) is 24.3 Å². The van der Waals surface area contributed by atoms with Crippen molar-refractivity contribution in [2.45, 2.75) is 24.4 Å². The molecule has 1 fully saturated rings. The van der Waals surface area contributed by atoms with E-state index in [1.54, 1.807) is 0 Å². The molecule has 2 heterocycles. The van der Waals surface area contributed by atoms with E-state index in [2.05, 4.69) is 10.6 Å². The highest BCUT2D eigenvalue weighted by Gasteiger charge is 2.43. The summed E-state index contributed by atoms with van der Waals surface area (Å²) in [5.74, 6) is -0.698. The lowest BCUT2D eigenvalue weighted by molar-refractivity contribution is -0.140. The molecule has 16 heavy (non-hydrogen) atoms. The monoisotopic (exact) mass is 218 g/mol. The van der Waals surface area contributed by atoms with Gasteiger partial charge >= 0.3 is 5.97 Å². The van der Waals surface area contributed by atoms with E-state index in [9.17, 15) is 9.90 Å². The molecule has 3 N–H and O–H groups in total. The van der Waals surface area contributed by atoms with Crippen LogP contribution in [-0.2, 0) is 4.79 Å². The van der Waals surface area contributed by atoms with Crippen LogP contribution in [0.4, 0.5) is 5.69 Å². The topological polar surface area (TPSA) is 61.4 Å². The maximum atomic E-state index is 11.2. The zero-order chi connectivity index (χ0) is 11.1. The molecular formula is C12H14N2O2. The van der Waals surface area contributed by atoms with Crippen LogP contribution in [0.15, 0.2) is 24.3 Å². The third-order valence-corrected chi connectivity index (χ3v) is 3.54. The van der Waals surface area contributed by atoms with Crippen molar-refractivity contribution in [2.24, 2.45) is 0 Å². The zero-order valence-corrected chi connectivity index (χ0v) is 8.81. The Morgan fingerprint density at radius 1 is 1.38 bits per heavy atom. The first-order valence-electron chi connectivity index (χ1n) is 5.59. The van der Waals surface area contributed by atoms with Crippen LogP contribution in [0.1, 0.15) is 17.9 Å². The smallest absolute Gasteiger partial charge is 0.321 e. The molecule has 0 bridgehead atoms. The summed E-state index contributed by atoms with van der Waals surface area (Å²) in [5.41, 5.74) is 2.22. The number of hydrogen-bond acceptors (Lipinski definition) is 3. The van der Waals surface area contributed by atoms with Crippen molar-refractivity contribution < 1.29 is 9.90 Å². The number of benzene rings is 1. The number of carboxylic acid groups (broad SMARTS) is 1. The number of carboxylic acids is 1. The van der Waals surface area contributed by atoms with E-state index in [-0.39, 0.29) is 12.0 Å². The Bertz CT molecular complexity index is 433. The molecule has 0 amide bonds. The highest BCUT2D eigenvalue weighted by molar-refractivity contribution is 5.77. The molecule has 3 rings (SSSR count). The average molecular weight is 218 g/mol. The predicted molar refractivity (Wildman–Crippen MR) is 60.6 cm³/mol. The number of piperidine rings is 1. The fraction of sp³-hybridized carbons (Fsp3) is 0.417. The van der Waals surface area contributed by atoms with Gasteiger partial charge in [0.2, 0.25) is 0 Å². The predicted octanol–water partition coefficient (Wildman–Crippen LogP) is 1.01. The van der Waals surface area contributed by atoms with Gasteiger partial charge in [-0.05, 0) is 24.6 Å². The van der Waals surface area contributed by atoms with Gasteiger partial charge in [-0.3, -0.25) is 4.79 Å². The number of aliphatic carboxylic acids is 1. The van der Waals surface area contributed by atoms with Crippen molar-refractivity contribution in [3.63, 3.8) is 0 Å². The van der Waals surface area contributed by atoms with Crippen molar-refractivity contribution >= 4 is 11.7 Å². The Kier molecular flexibility index (Phi) is 2.11. The number of fused-ring (bicyclic) bond motifs is 3. The Morgan fingerprint density at radius 2 is 2.19 bits per heavy atom. The van der Waals surface area contributed by atoms with Crippen LogP contribution in [-0.4, -0.2) is 29.7 Å². The normalized spacial score (nSPS) is 31.4. The molecule has 0 spiro atoms. The lowest BCUT2D eigenvalue weighted by Gasteiger charge is -2.32. The van der Waals surface area contributed by atoms with E-state index in [4.69, 9.17) is 0 Å². The SMILES string of the molecule is O=C(O)[C@H]1NCCC2Nc3ccccc3[C@@H]21.